The van der Waals surface area contributed by atoms with E-state index in [2.05, 4.69) is 20.7 Å². The van der Waals surface area contributed by atoms with Gasteiger partial charge in [-0.05, 0) is 17.7 Å². The van der Waals surface area contributed by atoms with E-state index in [0.717, 1.165) is 7.11 Å². The molecule has 78 valence electrons. The van der Waals surface area contributed by atoms with Gasteiger partial charge >= 0.3 is 5.97 Å². The zero-order chi connectivity index (χ0) is 11.4. The maximum atomic E-state index is 13.5. The van der Waals surface area contributed by atoms with Gasteiger partial charge in [-0.25, -0.2) is 9.18 Å². The van der Waals surface area contributed by atoms with Crippen molar-refractivity contribution in [2.24, 2.45) is 0 Å². The number of alkyl halides is 1. The molecule has 0 N–H and O–H groups in total. The summed E-state index contributed by atoms with van der Waals surface area (Å²) in [6, 6.07) is 4.43. The van der Waals surface area contributed by atoms with E-state index < -0.39 is 11.8 Å². The number of carbonyl (C=O) groups excluding carboxylic acids is 1. The van der Waals surface area contributed by atoms with Crippen molar-refractivity contribution < 1.29 is 13.9 Å². The molecule has 0 atom stereocenters. The lowest BCUT2D eigenvalue weighted by molar-refractivity contribution is 0.0595. The summed E-state index contributed by atoms with van der Waals surface area (Å²) >= 11 is 3.17. The molecule has 1 aromatic rings. The Bertz CT molecular complexity index is 440. The smallest absolute Gasteiger partial charge is 0.340 e. The molecule has 0 bridgehead atoms. The van der Waals surface area contributed by atoms with Crippen molar-refractivity contribution in [1.82, 2.24) is 0 Å². The van der Waals surface area contributed by atoms with Crippen LogP contribution in [0.5, 0.6) is 0 Å². The van der Waals surface area contributed by atoms with Crippen LogP contribution in [0.2, 0.25) is 0 Å². The first-order chi connectivity index (χ1) is 7.13. The Labute approximate surface area is 94.6 Å². The molecule has 1 aromatic carbocycles. The van der Waals surface area contributed by atoms with E-state index in [1.165, 1.54) is 12.1 Å². The lowest BCUT2D eigenvalue weighted by Crippen LogP contribution is -2.07. The third kappa shape index (κ3) is 2.34. The Morgan fingerprint density at radius 3 is 2.80 bits per heavy atom. The van der Waals surface area contributed by atoms with Crippen LogP contribution in [0.25, 0.3) is 0 Å². The van der Waals surface area contributed by atoms with Gasteiger partial charge in [-0.15, -0.1) is 0 Å². The number of rotatable bonds is 2. The quantitative estimate of drug-likeness (QED) is 0.613. The van der Waals surface area contributed by atoms with Crippen LogP contribution in [0.1, 0.15) is 21.5 Å². The first-order valence-electron chi connectivity index (χ1n) is 4.00. The highest BCUT2D eigenvalue weighted by atomic mass is 79.9. The van der Waals surface area contributed by atoms with Gasteiger partial charge in [0.15, 0.2) is 5.82 Å². The van der Waals surface area contributed by atoms with Crippen molar-refractivity contribution in [2.75, 3.05) is 7.11 Å². The van der Waals surface area contributed by atoms with Gasteiger partial charge in [0.05, 0.1) is 18.2 Å². The highest BCUT2D eigenvalue weighted by Crippen LogP contribution is 2.18. The standard InChI is InChI=1S/C10H7BrFNO2/c1-15-10(14)8-3-6(4-11)2-7(5-13)9(8)12/h2-3H,4H2,1H3. The fourth-order valence-electron chi connectivity index (χ4n) is 1.10. The molecule has 0 spiro atoms. The Hall–Kier alpha value is -1.41. The summed E-state index contributed by atoms with van der Waals surface area (Å²) in [6.07, 6.45) is 0. The number of carbonyl (C=O) groups is 1. The van der Waals surface area contributed by atoms with Crippen molar-refractivity contribution in [2.45, 2.75) is 5.33 Å². The maximum Gasteiger partial charge on any atom is 0.340 e. The molecule has 0 radical (unpaired) electrons. The van der Waals surface area contributed by atoms with Crippen LogP contribution in [-0.2, 0) is 10.1 Å². The van der Waals surface area contributed by atoms with Gasteiger partial charge in [0, 0.05) is 5.33 Å². The highest BCUT2D eigenvalue weighted by Gasteiger charge is 2.17. The molecule has 0 heterocycles. The number of esters is 1. The minimum Gasteiger partial charge on any atom is -0.465 e. The summed E-state index contributed by atoms with van der Waals surface area (Å²) < 4.78 is 17.9. The number of methoxy groups -OCH3 is 1. The van der Waals surface area contributed by atoms with E-state index in [1.54, 1.807) is 6.07 Å². The summed E-state index contributed by atoms with van der Waals surface area (Å²) in [5.74, 6) is -1.62. The summed E-state index contributed by atoms with van der Waals surface area (Å²) in [7, 11) is 1.16. The van der Waals surface area contributed by atoms with Crippen LogP contribution < -0.4 is 0 Å². The van der Waals surface area contributed by atoms with Gasteiger partial charge in [0.25, 0.3) is 0 Å². The second kappa shape index (κ2) is 4.89. The lowest BCUT2D eigenvalue weighted by Gasteiger charge is -2.04. The number of benzene rings is 1. The fraction of sp³-hybridized carbons (Fsp3) is 0.200. The Morgan fingerprint density at radius 1 is 1.67 bits per heavy atom. The normalized spacial score (nSPS) is 9.47. The predicted molar refractivity (Wildman–Crippen MR) is 55.1 cm³/mol. The number of hydrogen-bond donors (Lipinski definition) is 0. The molecule has 0 amide bonds. The second-order valence-corrected chi connectivity index (χ2v) is 3.30. The Kier molecular flexibility index (Phi) is 3.81. The Balaban J connectivity index is 3.38. The van der Waals surface area contributed by atoms with Crippen LogP contribution >= 0.6 is 15.9 Å². The monoisotopic (exact) mass is 271 g/mol. The molecular weight excluding hydrogens is 265 g/mol. The van der Waals surface area contributed by atoms with E-state index in [0.29, 0.717) is 10.9 Å². The van der Waals surface area contributed by atoms with Crippen molar-refractivity contribution in [3.05, 3.63) is 34.6 Å². The van der Waals surface area contributed by atoms with Gasteiger partial charge in [-0.1, -0.05) is 15.9 Å². The minimum absolute atomic E-state index is 0.160. The lowest BCUT2D eigenvalue weighted by atomic mass is 10.1. The molecule has 0 aliphatic carbocycles. The van der Waals surface area contributed by atoms with Crippen LogP contribution in [0, 0.1) is 17.1 Å². The summed E-state index contributed by atoms with van der Waals surface area (Å²) in [5, 5.41) is 9.10. The van der Waals surface area contributed by atoms with E-state index in [9.17, 15) is 9.18 Å². The first kappa shape index (κ1) is 11.7. The Morgan fingerprint density at radius 2 is 2.33 bits per heavy atom. The van der Waals surface area contributed by atoms with Crippen molar-refractivity contribution in [3.63, 3.8) is 0 Å². The topological polar surface area (TPSA) is 50.1 Å². The van der Waals surface area contributed by atoms with Crippen LogP contribution in [-0.4, -0.2) is 13.1 Å². The predicted octanol–water partition coefficient (Wildman–Crippen LogP) is 2.38. The summed E-state index contributed by atoms with van der Waals surface area (Å²) in [6.45, 7) is 0. The van der Waals surface area contributed by atoms with Crippen molar-refractivity contribution >= 4 is 21.9 Å². The maximum absolute atomic E-state index is 13.5. The number of halogens is 2. The van der Waals surface area contributed by atoms with Gasteiger partial charge in [0.1, 0.15) is 6.07 Å². The zero-order valence-corrected chi connectivity index (χ0v) is 9.47. The molecule has 0 saturated carbocycles. The zero-order valence-electron chi connectivity index (χ0n) is 7.88. The third-order valence-corrected chi connectivity index (χ3v) is 2.46. The molecular formula is C10H7BrFNO2. The van der Waals surface area contributed by atoms with Gasteiger partial charge in [0.2, 0.25) is 0 Å². The molecule has 3 nitrogen and oxygen atoms in total. The largest absolute Gasteiger partial charge is 0.465 e. The molecule has 0 fully saturated rings. The van der Waals surface area contributed by atoms with E-state index in [4.69, 9.17) is 5.26 Å². The number of hydrogen-bond acceptors (Lipinski definition) is 3. The SMILES string of the molecule is COC(=O)c1cc(CBr)cc(C#N)c1F. The average molecular weight is 272 g/mol. The molecule has 0 saturated heterocycles. The molecule has 0 aromatic heterocycles. The summed E-state index contributed by atoms with van der Waals surface area (Å²) in [4.78, 5) is 11.2. The van der Waals surface area contributed by atoms with Crippen LogP contribution in [0.3, 0.4) is 0 Å². The second-order valence-electron chi connectivity index (χ2n) is 2.74. The summed E-state index contributed by atoms with van der Waals surface area (Å²) in [5.41, 5.74) is 0.270. The van der Waals surface area contributed by atoms with Crippen molar-refractivity contribution in [3.8, 4) is 6.07 Å². The first-order valence-corrected chi connectivity index (χ1v) is 5.13. The number of nitrogens with zero attached hydrogens (tertiary/aromatic N) is 1. The fourth-order valence-corrected chi connectivity index (χ4v) is 1.43. The van der Waals surface area contributed by atoms with Crippen LogP contribution in [0.15, 0.2) is 12.1 Å². The van der Waals surface area contributed by atoms with Crippen LogP contribution in [0.4, 0.5) is 4.39 Å². The molecule has 1 rings (SSSR count). The van der Waals surface area contributed by atoms with Crippen molar-refractivity contribution in [1.29, 1.82) is 5.26 Å². The van der Waals surface area contributed by atoms with Gasteiger partial charge < -0.3 is 4.74 Å². The molecule has 15 heavy (non-hydrogen) atoms. The molecule has 0 unspecified atom stereocenters. The third-order valence-electron chi connectivity index (χ3n) is 1.81. The average Bonchev–Trinajstić information content (AvgIpc) is 2.28. The number of ether oxygens (including phenoxy) is 1. The molecule has 0 aliphatic rings. The molecule has 5 heteroatoms. The highest BCUT2D eigenvalue weighted by molar-refractivity contribution is 9.08. The van der Waals surface area contributed by atoms with Gasteiger partial charge in [-0.2, -0.15) is 5.26 Å². The van der Waals surface area contributed by atoms with E-state index >= 15 is 0 Å². The van der Waals surface area contributed by atoms with E-state index in [-0.39, 0.29) is 11.1 Å². The molecule has 0 aliphatic heterocycles. The number of nitriles is 1. The minimum atomic E-state index is -0.839. The van der Waals surface area contributed by atoms with E-state index in [1.807, 2.05) is 0 Å². The van der Waals surface area contributed by atoms with Gasteiger partial charge in [-0.3, -0.25) is 0 Å².